The van der Waals surface area contributed by atoms with Gasteiger partial charge in [0.05, 0.1) is 5.69 Å². The lowest BCUT2D eigenvalue weighted by Crippen LogP contribution is -2.33. The number of benzene rings is 1. The minimum Gasteiger partial charge on any atom is -0.398 e. The molecule has 0 amide bonds. The molecule has 0 spiro atoms. The Morgan fingerprint density at radius 2 is 2.11 bits per heavy atom. The molecule has 0 bridgehead atoms. The van der Waals surface area contributed by atoms with Crippen molar-refractivity contribution in [1.29, 1.82) is 0 Å². The second-order valence-electron chi connectivity index (χ2n) is 4.58. The molecule has 1 saturated carbocycles. The molecule has 1 fully saturated rings. The van der Waals surface area contributed by atoms with Gasteiger partial charge in [-0.2, -0.15) is 4.31 Å². The molecule has 0 aromatic heterocycles. The fraction of sp³-hybridized carbons (Fsp3) is 0.500. The highest BCUT2D eigenvalue weighted by molar-refractivity contribution is 7.89. The summed E-state index contributed by atoms with van der Waals surface area (Å²) in [6.45, 7) is 2.88. The lowest BCUT2D eigenvalue weighted by molar-refractivity contribution is 0.412. The summed E-state index contributed by atoms with van der Waals surface area (Å²) >= 11 is 5.79. The third kappa shape index (κ3) is 2.79. The fourth-order valence-electron chi connectivity index (χ4n) is 1.88. The van der Waals surface area contributed by atoms with Crippen molar-refractivity contribution in [3.63, 3.8) is 0 Å². The fourth-order valence-corrected chi connectivity index (χ4v) is 3.68. The van der Waals surface area contributed by atoms with E-state index in [0.717, 1.165) is 12.8 Å². The van der Waals surface area contributed by atoms with E-state index in [0.29, 0.717) is 24.0 Å². The van der Waals surface area contributed by atoms with Gasteiger partial charge in [-0.05, 0) is 37.0 Å². The summed E-state index contributed by atoms with van der Waals surface area (Å²) < 4.78 is 26.4. The van der Waals surface area contributed by atoms with Crippen LogP contribution in [0.1, 0.15) is 19.8 Å². The summed E-state index contributed by atoms with van der Waals surface area (Å²) in [7, 11) is -3.50. The first-order chi connectivity index (χ1) is 8.45. The number of hydrogen-bond acceptors (Lipinski definition) is 3. The first kappa shape index (κ1) is 13.6. The molecular weight excluding hydrogens is 272 g/mol. The Hall–Kier alpha value is -0.780. The SMILES string of the molecule is CCN(CC1CC1)S(=O)(=O)c1ccc(Cl)cc1N. The van der Waals surface area contributed by atoms with Gasteiger partial charge in [0.25, 0.3) is 0 Å². The predicted molar refractivity (Wildman–Crippen MR) is 73.0 cm³/mol. The average Bonchev–Trinajstić information content (AvgIpc) is 3.08. The van der Waals surface area contributed by atoms with Gasteiger partial charge < -0.3 is 5.73 Å². The van der Waals surface area contributed by atoms with Crippen LogP contribution in [-0.4, -0.2) is 25.8 Å². The number of sulfonamides is 1. The van der Waals surface area contributed by atoms with Crippen LogP contribution in [-0.2, 0) is 10.0 Å². The van der Waals surface area contributed by atoms with E-state index in [1.54, 1.807) is 6.07 Å². The zero-order valence-corrected chi connectivity index (χ0v) is 11.8. The van der Waals surface area contributed by atoms with Crippen molar-refractivity contribution in [3.05, 3.63) is 23.2 Å². The Morgan fingerprint density at radius 3 is 2.61 bits per heavy atom. The van der Waals surface area contributed by atoms with Crippen LogP contribution in [0.15, 0.2) is 23.1 Å². The van der Waals surface area contributed by atoms with Crippen molar-refractivity contribution >= 4 is 27.3 Å². The van der Waals surface area contributed by atoms with Gasteiger partial charge in [-0.1, -0.05) is 18.5 Å². The summed E-state index contributed by atoms with van der Waals surface area (Å²) in [5, 5.41) is 0.441. The van der Waals surface area contributed by atoms with Crippen molar-refractivity contribution in [2.24, 2.45) is 5.92 Å². The van der Waals surface area contributed by atoms with Crippen molar-refractivity contribution in [2.75, 3.05) is 18.8 Å². The smallest absolute Gasteiger partial charge is 0.245 e. The van der Waals surface area contributed by atoms with Crippen LogP contribution in [0.25, 0.3) is 0 Å². The summed E-state index contributed by atoms with van der Waals surface area (Å²) in [5.74, 6) is 0.508. The van der Waals surface area contributed by atoms with Crippen LogP contribution in [0.5, 0.6) is 0 Å². The number of halogens is 1. The Morgan fingerprint density at radius 1 is 1.44 bits per heavy atom. The third-order valence-corrected chi connectivity index (χ3v) is 5.35. The number of nitrogens with zero attached hydrogens (tertiary/aromatic N) is 1. The molecule has 0 aliphatic heterocycles. The molecule has 1 aromatic carbocycles. The summed E-state index contributed by atoms with van der Waals surface area (Å²) in [5.41, 5.74) is 5.96. The molecule has 1 aliphatic rings. The van der Waals surface area contributed by atoms with Gasteiger partial charge in [-0.25, -0.2) is 8.42 Å². The van der Waals surface area contributed by atoms with E-state index >= 15 is 0 Å². The highest BCUT2D eigenvalue weighted by atomic mass is 35.5. The Labute approximate surface area is 113 Å². The molecule has 6 heteroatoms. The first-order valence-electron chi connectivity index (χ1n) is 6.00. The van der Waals surface area contributed by atoms with Gasteiger partial charge in [0.1, 0.15) is 4.90 Å². The van der Waals surface area contributed by atoms with Crippen LogP contribution < -0.4 is 5.73 Å². The predicted octanol–water partition coefficient (Wildman–Crippen LogP) is 2.34. The van der Waals surface area contributed by atoms with E-state index in [1.807, 2.05) is 6.92 Å². The lowest BCUT2D eigenvalue weighted by Gasteiger charge is -2.21. The Bertz CT molecular complexity index is 541. The normalized spacial score (nSPS) is 16.2. The molecule has 2 N–H and O–H groups in total. The Kier molecular flexibility index (Phi) is 3.84. The number of rotatable bonds is 5. The maximum atomic E-state index is 12.5. The van der Waals surface area contributed by atoms with Gasteiger partial charge in [0.15, 0.2) is 0 Å². The highest BCUT2D eigenvalue weighted by Crippen LogP contribution is 2.32. The molecule has 0 heterocycles. The molecule has 18 heavy (non-hydrogen) atoms. The average molecular weight is 289 g/mol. The molecule has 0 unspecified atom stereocenters. The van der Waals surface area contributed by atoms with Crippen LogP contribution in [0.4, 0.5) is 5.69 Å². The summed E-state index contributed by atoms with van der Waals surface area (Å²) in [6.07, 6.45) is 2.23. The molecular formula is C12H17ClN2O2S. The van der Waals surface area contributed by atoms with Gasteiger partial charge in [-0.3, -0.25) is 0 Å². The van der Waals surface area contributed by atoms with E-state index in [1.165, 1.54) is 16.4 Å². The second kappa shape index (κ2) is 5.07. The van der Waals surface area contributed by atoms with Gasteiger partial charge in [-0.15, -0.1) is 0 Å². The van der Waals surface area contributed by atoms with Crippen LogP contribution in [0.2, 0.25) is 5.02 Å². The Balaban J connectivity index is 2.32. The molecule has 1 aromatic rings. The van der Waals surface area contributed by atoms with Crippen molar-refractivity contribution < 1.29 is 8.42 Å². The third-order valence-electron chi connectivity index (χ3n) is 3.10. The molecule has 0 atom stereocenters. The van der Waals surface area contributed by atoms with Gasteiger partial charge in [0, 0.05) is 18.1 Å². The minimum absolute atomic E-state index is 0.148. The van der Waals surface area contributed by atoms with Crippen molar-refractivity contribution in [1.82, 2.24) is 4.31 Å². The molecule has 1 aliphatic carbocycles. The van der Waals surface area contributed by atoms with E-state index in [2.05, 4.69) is 0 Å². The van der Waals surface area contributed by atoms with Crippen molar-refractivity contribution in [3.8, 4) is 0 Å². The zero-order chi connectivity index (χ0) is 13.3. The largest absolute Gasteiger partial charge is 0.398 e. The second-order valence-corrected chi connectivity index (χ2v) is 6.92. The van der Waals surface area contributed by atoms with E-state index in [-0.39, 0.29) is 10.6 Å². The molecule has 2 rings (SSSR count). The summed E-state index contributed by atoms with van der Waals surface area (Å²) in [6, 6.07) is 4.50. The van der Waals surface area contributed by atoms with Gasteiger partial charge >= 0.3 is 0 Å². The van der Waals surface area contributed by atoms with Crippen molar-refractivity contribution in [2.45, 2.75) is 24.7 Å². The van der Waals surface area contributed by atoms with Crippen LogP contribution in [0.3, 0.4) is 0 Å². The van der Waals surface area contributed by atoms with E-state index in [9.17, 15) is 8.42 Å². The molecule has 0 radical (unpaired) electrons. The lowest BCUT2D eigenvalue weighted by atomic mass is 10.3. The van der Waals surface area contributed by atoms with Crippen LogP contribution >= 0.6 is 11.6 Å². The number of nitrogens with two attached hydrogens (primary N) is 1. The van der Waals surface area contributed by atoms with E-state index in [4.69, 9.17) is 17.3 Å². The maximum Gasteiger partial charge on any atom is 0.245 e. The molecule has 0 saturated heterocycles. The minimum atomic E-state index is -3.50. The standard InChI is InChI=1S/C12H17ClN2O2S/c1-2-15(8-9-3-4-9)18(16,17)12-6-5-10(13)7-11(12)14/h5-7,9H,2-4,8,14H2,1H3. The quantitative estimate of drug-likeness (QED) is 0.846. The van der Waals surface area contributed by atoms with E-state index < -0.39 is 10.0 Å². The number of nitrogen functional groups attached to an aromatic ring is 1. The number of anilines is 1. The number of hydrogen-bond donors (Lipinski definition) is 1. The first-order valence-corrected chi connectivity index (χ1v) is 7.82. The summed E-state index contributed by atoms with van der Waals surface area (Å²) in [4.78, 5) is 0.148. The van der Waals surface area contributed by atoms with Gasteiger partial charge in [0.2, 0.25) is 10.0 Å². The zero-order valence-electron chi connectivity index (χ0n) is 10.3. The topological polar surface area (TPSA) is 63.4 Å². The monoisotopic (exact) mass is 288 g/mol. The molecule has 100 valence electrons. The van der Waals surface area contributed by atoms with Crippen LogP contribution in [0, 0.1) is 5.92 Å². The maximum absolute atomic E-state index is 12.5. The highest BCUT2D eigenvalue weighted by Gasteiger charge is 2.31. The molecule has 4 nitrogen and oxygen atoms in total.